The molecule has 0 bridgehead atoms. The molecule has 124 valence electrons. The van der Waals surface area contributed by atoms with Crippen molar-refractivity contribution in [2.45, 2.75) is 20.8 Å². The highest BCUT2D eigenvalue weighted by molar-refractivity contribution is 5.99. The maximum atomic E-state index is 12.5. The fraction of sp³-hybridized carbons (Fsp3) is 0.421. The number of ketones is 1. The maximum Gasteiger partial charge on any atom is 0.178 e. The van der Waals surface area contributed by atoms with Crippen LogP contribution in [0.2, 0.25) is 0 Å². The zero-order valence-electron chi connectivity index (χ0n) is 14.8. The van der Waals surface area contributed by atoms with E-state index < -0.39 is 0 Å². The first kappa shape index (κ1) is 17.4. The van der Waals surface area contributed by atoms with Crippen LogP contribution in [0.1, 0.15) is 27.3 Å². The predicted molar refractivity (Wildman–Crippen MR) is 95.7 cm³/mol. The number of aromatic nitrogens is 1. The van der Waals surface area contributed by atoms with Gasteiger partial charge in [-0.05, 0) is 53.1 Å². The van der Waals surface area contributed by atoms with Crippen molar-refractivity contribution in [1.82, 2.24) is 14.8 Å². The smallest absolute Gasteiger partial charge is 0.178 e. The van der Waals surface area contributed by atoms with E-state index in [0.717, 1.165) is 35.7 Å². The van der Waals surface area contributed by atoms with Crippen molar-refractivity contribution in [3.63, 3.8) is 0 Å². The van der Waals surface area contributed by atoms with Crippen LogP contribution in [0.15, 0.2) is 30.3 Å². The number of aryl methyl sites for hydroxylation is 2. The van der Waals surface area contributed by atoms with E-state index in [-0.39, 0.29) is 5.78 Å². The highest BCUT2D eigenvalue weighted by Crippen LogP contribution is 2.21. The van der Waals surface area contributed by atoms with Gasteiger partial charge in [0.05, 0.1) is 6.54 Å². The number of hydrogen-bond acceptors (Lipinski definition) is 3. The predicted octanol–water partition coefficient (Wildman–Crippen LogP) is 2.74. The van der Waals surface area contributed by atoms with E-state index in [1.165, 1.54) is 5.56 Å². The lowest BCUT2D eigenvalue weighted by molar-refractivity contribution is 0.0990. The maximum absolute atomic E-state index is 12.5. The number of Topliss-reactive ketones (excluding diaryl/α,β-unsaturated/α-hetero) is 1. The van der Waals surface area contributed by atoms with Crippen molar-refractivity contribution < 1.29 is 4.79 Å². The molecule has 0 atom stereocenters. The number of nitrogens with zero attached hydrogens (tertiary/aromatic N) is 2. The molecule has 0 saturated heterocycles. The topological polar surface area (TPSA) is 37.3 Å². The summed E-state index contributed by atoms with van der Waals surface area (Å²) in [5, 5.41) is 3.22. The Morgan fingerprint density at radius 2 is 1.78 bits per heavy atom. The molecule has 0 aliphatic rings. The first-order chi connectivity index (χ1) is 10.9. The number of nitrogens with one attached hydrogen (secondary N) is 1. The largest absolute Gasteiger partial charge is 0.318 e. The molecule has 23 heavy (non-hydrogen) atoms. The van der Waals surface area contributed by atoms with Gasteiger partial charge in [-0.2, -0.15) is 0 Å². The lowest BCUT2D eigenvalue weighted by Gasteiger charge is -2.11. The van der Waals surface area contributed by atoms with Crippen LogP contribution in [0, 0.1) is 20.8 Å². The standard InChI is InChI=1S/C19H27N3O/c1-14-6-8-17(9-7-14)22-15(2)12-18(16(22)3)19(23)13-20-10-11-21(4)5/h6-9,12,20H,10-11,13H2,1-5H3. The van der Waals surface area contributed by atoms with Crippen LogP contribution >= 0.6 is 0 Å². The van der Waals surface area contributed by atoms with Crippen molar-refractivity contribution in [2.75, 3.05) is 33.7 Å². The summed E-state index contributed by atoms with van der Waals surface area (Å²) in [6.45, 7) is 8.26. The number of rotatable bonds is 7. The Hall–Kier alpha value is -1.91. The second kappa shape index (κ2) is 7.57. The van der Waals surface area contributed by atoms with Gasteiger partial charge in [-0.1, -0.05) is 17.7 Å². The third-order valence-corrected chi connectivity index (χ3v) is 4.05. The fourth-order valence-corrected chi connectivity index (χ4v) is 2.74. The van der Waals surface area contributed by atoms with E-state index in [4.69, 9.17) is 0 Å². The highest BCUT2D eigenvalue weighted by Gasteiger charge is 2.16. The van der Waals surface area contributed by atoms with Gasteiger partial charge in [-0.3, -0.25) is 4.79 Å². The van der Waals surface area contributed by atoms with Gasteiger partial charge in [0.1, 0.15) is 0 Å². The van der Waals surface area contributed by atoms with Crippen LogP contribution in [-0.2, 0) is 0 Å². The molecule has 0 aliphatic carbocycles. The molecule has 1 heterocycles. The van der Waals surface area contributed by atoms with Crippen molar-refractivity contribution in [3.05, 3.63) is 52.8 Å². The average Bonchev–Trinajstić information content (AvgIpc) is 2.79. The summed E-state index contributed by atoms with van der Waals surface area (Å²) in [5.41, 5.74) is 5.23. The SMILES string of the molecule is Cc1ccc(-n2c(C)cc(C(=O)CNCCN(C)C)c2C)cc1. The van der Waals surface area contributed by atoms with Crippen LogP contribution < -0.4 is 5.32 Å². The number of benzene rings is 1. The minimum atomic E-state index is 0.148. The Bertz CT molecular complexity index is 669. The lowest BCUT2D eigenvalue weighted by atomic mass is 10.1. The Morgan fingerprint density at radius 1 is 1.13 bits per heavy atom. The molecule has 4 nitrogen and oxygen atoms in total. The second-order valence-corrected chi connectivity index (χ2v) is 6.36. The van der Waals surface area contributed by atoms with E-state index in [1.54, 1.807) is 0 Å². The molecule has 2 rings (SSSR count). The van der Waals surface area contributed by atoms with Gasteiger partial charge in [0, 0.05) is 35.7 Å². The minimum Gasteiger partial charge on any atom is -0.318 e. The summed E-state index contributed by atoms with van der Waals surface area (Å²) in [4.78, 5) is 14.6. The van der Waals surface area contributed by atoms with Gasteiger partial charge in [0.25, 0.3) is 0 Å². The molecule has 1 aromatic heterocycles. The highest BCUT2D eigenvalue weighted by atomic mass is 16.1. The number of carbonyl (C=O) groups excluding carboxylic acids is 1. The van der Waals surface area contributed by atoms with Gasteiger partial charge in [-0.15, -0.1) is 0 Å². The zero-order chi connectivity index (χ0) is 17.0. The lowest BCUT2D eigenvalue weighted by Crippen LogP contribution is -2.30. The molecule has 0 saturated carbocycles. The van der Waals surface area contributed by atoms with Crippen molar-refractivity contribution in [3.8, 4) is 5.69 Å². The number of likely N-dealkylation sites (N-methyl/N-ethyl adjacent to an activating group) is 1. The molecule has 0 fully saturated rings. The molecule has 2 aromatic rings. The van der Waals surface area contributed by atoms with Gasteiger partial charge in [-0.25, -0.2) is 0 Å². The third-order valence-electron chi connectivity index (χ3n) is 4.05. The second-order valence-electron chi connectivity index (χ2n) is 6.36. The van der Waals surface area contributed by atoms with Crippen molar-refractivity contribution in [1.29, 1.82) is 0 Å². The molecule has 0 radical (unpaired) electrons. The van der Waals surface area contributed by atoms with Gasteiger partial charge in [0.15, 0.2) is 5.78 Å². The van der Waals surface area contributed by atoms with E-state index in [9.17, 15) is 4.79 Å². The summed E-state index contributed by atoms with van der Waals surface area (Å²) in [7, 11) is 4.05. The van der Waals surface area contributed by atoms with Crippen molar-refractivity contribution >= 4 is 5.78 Å². The summed E-state index contributed by atoms with van der Waals surface area (Å²) in [6.07, 6.45) is 0. The zero-order valence-corrected chi connectivity index (χ0v) is 14.8. The minimum absolute atomic E-state index is 0.148. The Balaban J connectivity index is 2.14. The molecule has 1 N–H and O–H groups in total. The molecular weight excluding hydrogens is 286 g/mol. The molecule has 1 aromatic carbocycles. The normalized spacial score (nSPS) is 11.2. The van der Waals surface area contributed by atoms with Gasteiger partial charge >= 0.3 is 0 Å². The summed E-state index contributed by atoms with van der Waals surface area (Å²) < 4.78 is 2.15. The third kappa shape index (κ3) is 4.30. The quantitative estimate of drug-likeness (QED) is 0.631. The number of carbonyl (C=O) groups is 1. The molecule has 0 aliphatic heterocycles. The first-order valence-electron chi connectivity index (χ1n) is 8.04. The Kier molecular flexibility index (Phi) is 5.74. The summed E-state index contributed by atoms with van der Waals surface area (Å²) in [6, 6.07) is 10.4. The Labute approximate surface area is 139 Å². The summed E-state index contributed by atoms with van der Waals surface area (Å²) in [5.74, 6) is 0.148. The van der Waals surface area contributed by atoms with E-state index in [2.05, 4.69) is 46.0 Å². The van der Waals surface area contributed by atoms with Crippen LogP contribution in [0.25, 0.3) is 5.69 Å². The van der Waals surface area contributed by atoms with E-state index in [1.807, 2.05) is 34.0 Å². The van der Waals surface area contributed by atoms with Crippen LogP contribution in [0.4, 0.5) is 0 Å². The molecule has 0 spiro atoms. The van der Waals surface area contributed by atoms with Crippen LogP contribution in [-0.4, -0.2) is 49.0 Å². The fourth-order valence-electron chi connectivity index (χ4n) is 2.74. The molecule has 0 amide bonds. The molecule has 4 heteroatoms. The van der Waals surface area contributed by atoms with Gasteiger partial charge in [0.2, 0.25) is 0 Å². The van der Waals surface area contributed by atoms with Crippen LogP contribution in [0.5, 0.6) is 0 Å². The van der Waals surface area contributed by atoms with E-state index in [0.29, 0.717) is 6.54 Å². The Morgan fingerprint density at radius 3 is 2.39 bits per heavy atom. The van der Waals surface area contributed by atoms with Gasteiger partial charge < -0.3 is 14.8 Å². The monoisotopic (exact) mass is 313 g/mol. The van der Waals surface area contributed by atoms with E-state index >= 15 is 0 Å². The average molecular weight is 313 g/mol. The number of hydrogen-bond donors (Lipinski definition) is 1. The van der Waals surface area contributed by atoms with Crippen molar-refractivity contribution in [2.24, 2.45) is 0 Å². The molecular formula is C19H27N3O. The first-order valence-corrected chi connectivity index (χ1v) is 8.04. The summed E-state index contributed by atoms with van der Waals surface area (Å²) >= 11 is 0. The molecule has 0 unspecified atom stereocenters. The van der Waals surface area contributed by atoms with Crippen LogP contribution in [0.3, 0.4) is 0 Å².